The van der Waals surface area contributed by atoms with Gasteiger partial charge in [0.2, 0.25) is 0 Å². The fourth-order valence-corrected chi connectivity index (χ4v) is 2.95. The lowest BCUT2D eigenvalue weighted by Gasteiger charge is -2.20. The lowest BCUT2D eigenvalue weighted by Crippen LogP contribution is -2.23. The Morgan fingerprint density at radius 1 is 1.25 bits per heavy atom. The van der Waals surface area contributed by atoms with Crippen molar-refractivity contribution < 1.29 is 19.1 Å². The number of allylic oxidation sites excluding steroid dienone is 1. The highest BCUT2D eigenvalue weighted by Gasteiger charge is 2.46. The molecule has 0 spiro atoms. The molecule has 2 aliphatic rings. The van der Waals surface area contributed by atoms with E-state index in [1.165, 1.54) is 14.2 Å². The standard InChI is InChI=1S/C12H16O4/c1-15-11(13)6-8-4-9-3-7(8)5-10(9)12(14)16-2/h6-7,9-10H,3-5H2,1-2H3/b8-6-/t7-,9-,10-/m0/s1. The molecule has 2 rings (SSSR count). The van der Waals surface area contributed by atoms with Gasteiger partial charge in [-0.05, 0) is 31.1 Å². The minimum absolute atomic E-state index is 0.0322. The molecule has 0 heterocycles. The number of methoxy groups -OCH3 is 2. The van der Waals surface area contributed by atoms with Gasteiger partial charge in [-0.15, -0.1) is 0 Å². The normalized spacial score (nSPS) is 34.1. The number of rotatable bonds is 2. The summed E-state index contributed by atoms with van der Waals surface area (Å²) < 4.78 is 9.38. The van der Waals surface area contributed by atoms with Crippen LogP contribution in [0.5, 0.6) is 0 Å². The SMILES string of the molecule is COC(=O)/C=C1/C[C@@H]2C[C@H]1C[C@@H]2C(=O)OC. The number of esters is 2. The average Bonchev–Trinajstić information content (AvgIpc) is 2.87. The molecule has 0 amide bonds. The molecule has 0 aromatic rings. The molecule has 4 nitrogen and oxygen atoms in total. The maximum absolute atomic E-state index is 11.5. The summed E-state index contributed by atoms with van der Waals surface area (Å²) >= 11 is 0. The van der Waals surface area contributed by atoms with Gasteiger partial charge in [-0.2, -0.15) is 0 Å². The molecule has 3 atom stereocenters. The van der Waals surface area contributed by atoms with E-state index in [0.717, 1.165) is 24.8 Å². The van der Waals surface area contributed by atoms with E-state index in [4.69, 9.17) is 4.74 Å². The Labute approximate surface area is 94.6 Å². The summed E-state index contributed by atoms with van der Waals surface area (Å²) in [6.07, 6.45) is 4.24. The first-order chi connectivity index (χ1) is 7.65. The van der Waals surface area contributed by atoms with Crippen LogP contribution in [-0.4, -0.2) is 26.2 Å². The number of hydrogen-bond donors (Lipinski definition) is 0. The summed E-state index contributed by atoms with van der Waals surface area (Å²) in [7, 11) is 2.81. The number of fused-ring (bicyclic) bond motifs is 2. The van der Waals surface area contributed by atoms with Crippen molar-refractivity contribution in [3.63, 3.8) is 0 Å². The van der Waals surface area contributed by atoms with Crippen LogP contribution in [0, 0.1) is 17.8 Å². The zero-order valence-corrected chi connectivity index (χ0v) is 9.56. The quantitative estimate of drug-likeness (QED) is 0.524. The first kappa shape index (κ1) is 11.2. The Morgan fingerprint density at radius 3 is 2.50 bits per heavy atom. The Morgan fingerprint density at radius 2 is 2.00 bits per heavy atom. The Balaban J connectivity index is 2.03. The number of hydrogen-bond acceptors (Lipinski definition) is 4. The van der Waals surface area contributed by atoms with Gasteiger partial charge >= 0.3 is 11.9 Å². The molecule has 0 unspecified atom stereocenters. The Kier molecular flexibility index (Phi) is 2.99. The van der Waals surface area contributed by atoms with Crippen LogP contribution in [0.25, 0.3) is 0 Å². The second-order valence-corrected chi connectivity index (χ2v) is 4.50. The van der Waals surface area contributed by atoms with Crippen molar-refractivity contribution in [1.29, 1.82) is 0 Å². The van der Waals surface area contributed by atoms with Crippen LogP contribution >= 0.6 is 0 Å². The van der Waals surface area contributed by atoms with Gasteiger partial charge in [-0.3, -0.25) is 4.79 Å². The zero-order chi connectivity index (χ0) is 11.7. The largest absolute Gasteiger partial charge is 0.469 e. The highest BCUT2D eigenvalue weighted by Crippen LogP contribution is 2.51. The van der Waals surface area contributed by atoms with Crippen LogP contribution in [0.15, 0.2) is 11.6 Å². The molecule has 0 aromatic heterocycles. The molecule has 16 heavy (non-hydrogen) atoms. The van der Waals surface area contributed by atoms with Gasteiger partial charge in [-0.25, -0.2) is 4.79 Å². The fourth-order valence-electron chi connectivity index (χ4n) is 2.95. The summed E-state index contributed by atoms with van der Waals surface area (Å²) in [4.78, 5) is 22.6. The van der Waals surface area contributed by atoms with Crippen molar-refractivity contribution in [3.05, 3.63) is 11.6 Å². The van der Waals surface area contributed by atoms with Crippen LogP contribution in [0.4, 0.5) is 0 Å². The first-order valence-corrected chi connectivity index (χ1v) is 5.52. The lowest BCUT2D eigenvalue weighted by molar-refractivity contribution is -0.146. The van der Waals surface area contributed by atoms with Gasteiger partial charge in [0.1, 0.15) is 0 Å². The van der Waals surface area contributed by atoms with Gasteiger partial charge in [0.15, 0.2) is 0 Å². The van der Waals surface area contributed by atoms with Crippen LogP contribution < -0.4 is 0 Å². The van der Waals surface area contributed by atoms with Crippen LogP contribution in [-0.2, 0) is 19.1 Å². The lowest BCUT2D eigenvalue weighted by atomic mass is 9.85. The fraction of sp³-hybridized carbons (Fsp3) is 0.667. The number of carbonyl (C=O) groups excluding carboxylic acids is 2. The monoisotopic (exact) mass is 224 g/mol. The van der Waals surface area contributed by atoms with Crippen molar-refractivity contribution in [2.24, 2.45) is 17.8 Å². The third-order valence-electron chi connectivity index (χ3n) is 3.73. The molecular weight excluding hydrogens is 208 g/mol. The molecule has 2 saturated carbocycles. The molecule has 0 aliphatic heterocycles. The summed E-state index contributed by atoms with van der Waals surface area (Å²) in [5.41, 5.74) is 1.14. The second kappa shape index (κ2) is 4.28. The van der Waals surface area contributed by atoms with E-state index >= 15 is 0 Å². The van der Waals surface area contributed by atoms with Gasteiger partial charge in [0, 0.05) is 6.08 Å². The first-order valence-electron chi connectivity index (χ1n) is 5.52. The smallest absolute Gasteiger partial charge is 0.330 e. The highest BCUT2D eigenvalue weighted by atomic mass is 16.5. The maximum atomic E-state index is 11.5. The van der Waals surface area contributed by atoms with Crippen LogP contribution in [0.2, 0.25) is 0 Å². The maximum Gasteiger partial charge on any atom is 0.330 e. The molecule has 4 heteroatoms. The van der Waals surface area contributed by atoms with E-state index in [1.54, 1.807) is 6.08 Å². The van der Waals surface area contributed by atoms with Gasteiger partial charge < -0.3 is 9.47 Å². The van der Waals surface area contributed by atoms with E-state index in [-0.39, 0.29) is 17.9 Å². The van der Waals surface area contributed by atoms with Crippen LogP contribution in [0.1, 0.15) is 19.3 Å². The van der Waals surface area contributed by atoms with E-state index in [0.29, 0.717) is 11.8 Å². The summed E-state index contributed by atoms with van der Waals surface area (Å²) in [5.74, 6) is 0.355. The highest BCUT2D eigenvalue weighted by molar-refractivity contribution is 5.83. The molecular formula is C12H16O4. The molecule has 88 valence electrons. The second-order valence-electron chi connectivity index (χ2n) is 4.50. The number of ether oxygens (including phenoxy) is 2. The molecule has 2 fully saturated rings. The van der Waals surface area contributed by atoms with Crippen molar-refractivity contribution in [3.8, 4) is 0 Å². The van der Waals surface area contributed by atoms with Crippen molar-refractivity contribution in [2.75, 3.05) is 14.2 Å². The third kappa shape index (κ3) is 1.84. The molecule has 0 saturated heterocycles. The van der Waals surface area contributed by atoms with Gasteiger partial charge in [0.05, 0.1) is 20.1 Å². The van der Waals surface area contributed by atoms with E-state index < -0.39 is 0 Å². The van der Waals surface area contributed by atoms with Gasteiger partial charge in [0.25, 0.3) is 0 Å². The minimum Gasteiger partial charge on any atom is -0.469 e. The molecule has 2 aliphatic carbocycles. The average molecular weight is 224 g/mol. The number of carbonyl (C=O) groups is 2. The van der Waals surface area contributed by atoms with E-state index in [1.807, 2.05) is 0 Å². The van der Waals surface area contributed by atoms with E-state index in [2.05, 4.69) is 4.74 Å². The summed E-state index contributed by atoms with van der Waals surface area (Å²) in [5, 5.41) is 0. The van der Waals surface area contributed by atoms with E-state index in [9.17, 15) is 9.59 Å². The topological polar surface area (TPSA) is 52.6 Å². The predicted octanol–water partition coefficient (Wildman–Crippen LogP) is 1.30. The third-order valence-corrected chi connectivity index (χ3v) is 3.73. The van der Waals surface area contributed by atoms with Crippen molar-refractivity contribution >= 4 is 11.9 Å². The zero-order valence-electron chi connectivity index (χ0n) is 9.56. The van der Waals surface area contributed by atoms with Crippen molar-refractivity contribution in [1.82, 2.24) is 0 Å². The van der Waals surface area contributed by atoms with Crippen molar-refractivity contribution in [2.45, 2.75) is 19.3 Å². The summed E-state index contributed by atoms with van der Waals surface area (Å²) in [6, 6.07) is 0. The predicted molar refractivity (Wildman–Crippen MR) is 56.4 cm³/mol. The molecule has 0 aromatic carbocycles. The summed E-state index contributed by atoms with van der Waals surface area (Å²) in [6.45, 7) is 0. The molecule has 0 N–H and O–H groups in total. The van der Waals surface area contributed by atoms with Gasteiger partial charge in [-0.1, -0.05) is 5.57 Å². The molecule has 0 radical (unpaired) electrons. The Bertz CT molecular complexity index is 345. The molecule has 2 bridgehead atoms. The minimum atomic E-state index is -0.294. The van der Waals surface area contributed by atoms with Crippen LogP contribution in [0.3, 0.4) is 0 Å². The Hall–Kier alpha value is -1.32.